The topological polar surface area (TPSA) is 77.2 Å². The maximum atomic E-state index is 11.0. The molecule has 3 N–H and O–H groups in total. The number of nitrogens with two attached hydrogens (primary N) is 1. The Labute approximate surface area is 111 Å². The highest BCUT2D eigenvalue weighted by atomic mass is 16.5. The molecule has 0 bridgehead atoms. The van der Waals surface area contributed by atoms with Crippen molar-refractivity contribution in [3.05, 3.63) is 36.5 Å². The Morgan fingerprint density at radius 3 is 3.05 bits per heavy atom. The number of likely N-dealkylation sites (N-methyl/N-ethyl adjacent to an activating group) is 1. The maximum absolute atomic E-state index is 11.0. The van der Waals surface area contributed by atoms with Gasteiger partial charge in [-0.1, -0.05) is 6.07 Å². The molecule has 0 fully saturated rings. The van der Waals surface area contributed by atoms with Gasteiger partial charge in [-0.25, -0.2) is 0 Å². The summed E-state index contributed by atoms with van der Waals surface area (Å²) in [6, 6.07) is 9.26. The zero-order valence-electron chi connectivity index (χ0n) is 10.8. The van der Waals surface area contributed by atoms with Crippen LogP contribution in [0.15, 0.2) is 36.5 Å². The van der Waals surface area contributed by atoms with Crippen LogP contribution in [0.4, 0.5) is 0 Å². The van der Waals surface area contributed by atoms with E-state index in [9.17, 15) is 4.79 Å². The summed E-state index contributed by atoms with van der Waals surface area (Å²) >= 11 is 0. The third-order valence-electron chi connectivity index (χ3n) is 2.94. The number of carbonyl (C=O) groups excluding carboxylic acids is 1. The molecule has 19 heavy (non-hydrogen) atoms. The van der Waals surface area contributed by atoms with E-state index in [4.69, 9.17) is 10.5 Å². The molecule has 0 radical (unpaired) electrons. The molecule has 1 aromatic heterocycles. The van der Waals surface area contributed by atoms with Crippen LogP contribution < -0.4 is 15.8 Å². The van der Waals surface area contributed by atoms with Crippen LogP contribution in [0.2, 0.25) is 0 Å². The molecule has 1 aromatic carbocycles. The summed E-state index contributed by atoms with van der Waals surface area (Å²) in [7, 11) is 1.70. The molecular formula is C14H17N3O2. The fraction of sp³-hybridized carbons (Fsp3) is 0.286. The first-order valence-electron chi connectivity index (χ1n) is 6.15. The first-order chi connectivity index (χ1) is 9.20. The fourth-order valence-electron chi connectivity index (χ4n) is 1.86. The van der Waals surface area contributed by atoms with E-state index in [0.717, 1.165) is 16.7 Å². The van der Waals surface area contributed by atoms with Crippen LogP contribution in [0.3, 0.4) is 0 Å². The fourth-order valence-corrected chi connectivity index (χ4v) is 1.86. The smallest absolute Gasteiger partial charge is 0.234 e. The number of hydrogen-bond donors (Lipinski definition) is 2. The first kappa shape index (κ1) is 13.3. The Morgan fingerprint density at radius 1 is 1.47 bits per heavy atom. The van der Waals surface area contributed by atoms with Gasteiger partial charge in [-0.05, 0) is 25.2 Å². The molecule has 100 valence electrons. The molecule has 1 unspecified atom stereocenters. The first-order valence-corrected chi connectivity index (χ1v) is 6.15. The van der Waals surface area contributed by atoms with Crippen LogP contribution in [-0.2, 0) is 4.79 Å². The van der Waals surface area contributed by atoms with Crippen LogP contribution in [-0.4, -0.2) is 30.6 Å². The van der Waals surface area contributed by atoms with Crippen molar-refractivity contribution in [3.8, 4) is 5.75 Å². The van der Waals surface area contributed by atoms with Crippen molar-refractivity contribution in [2.45, 2.75) is 12.5 Å². The lowest BCUT2D eigenvalue weighted by Gasteiger charge is -2.13. The molecule has 5 nitrogen and oxygen atoms in total. The van der Waals surface area contributed by atoms with Crippen LogP contribution in [0.25, 0.3) is 10.9 Å². The second kappa shape index (κ2) is 6.15. The number of nitrogens with one attached hydrogen (secondary N) is 1. The SMILES string of the molecule is CNC(CCOc1ccc2cccnc2c1)C(N)=O. The minimum Gasteiger partial charge on any atom is -0.493 e. The standard InChI is InChI=1S/C14H17N3O2/c1-16-12(14(15)18)6-8-19-11-5-4-10-3-2-7-17-13(10)9-11/h2-5,7,9,12,16H,6,8H2,1H3,(H2,15,18). The quantitative estimate of drug-likeness (QED) is 0.813. The lowest BCUT2D eigenvalue weighted by atomic mass is 10.2. The second-order valence-corrected chi connectivity index (χ2v) is 4.24. The van der Waals surface area contributed by atoms with Crippen molar-refractivity contribution in [2.24, 2.45) is 5.73 Å². The molecule has 0 aliphatic carbocycles. The van der Waals surface area contributed by atoms with Gasteiger partial charge >= 0.3 is 0 Å². The van der Waals surface area contributed by atoms with Gasteiger partial charge in [-0.15, -0.1) is 0 Å². The number of nitrogens with zero attached hydrogens (tertiary/aromatic N) is 1. The van der Waals surface area contributed by atoms with Crippen molar-refractivity contribution >= 4 is 16.8 Å². The number of ether oxygens (including phenoxy) is 1. The zero-order valence-corrected chi connectivity index (χ0v) is 10.8. The number of amides is 1. The molecule has 0 saturated heterocycles. The Kier molecular flexibility index (Phi) is 4.30. The summed E-state index contributed by atoms with van der Waals surface area (Å²) in [5.41, 5.74) is 6.12. The van der Waals surface area contributed by atoms with Crippen LogP contribution in [0, 0.1) is 0 Å². The summed E-state index contributed by atoms with van der Waals surface area (Å²) in [5.74, 6) is 0.372. The molecule has 1 amide bonds. The van der Waals surface area contributed by atoms with Crippen molar-refractivity contribution in [1.29, 1.82) is 0 Å². The Balaban J connectivity index is 1.96. The molecule has 1 atom stereocenters. The zero-order chi connectivity index (χ0) is 13.7. The van der Waals surface area contributed by atoms with Gasteiger partial charge < -0.3 is 15.8 Å². The number of aromatic nitrogens is 1. The second-order valence-electron chi connectivity index (χ2n) is 4.24. The normalized spacial score (nSPS) is 12.3. The van der Waals surface area contributed by atoms with Gasteiger partial charge in [-0.3, -0.25) is 9.78 Å². The number of carbonyl (C=O) groups is 1. The van der Waals surface area contributed by atoms with E-state index in [1.54, 1.807) is 13.2 Å². The molecule has 5 heteroatoms. The van der Waals surface area contributed by atoms with Crippen LogP contribution in [0.5, 0.6) is 5.75 Å². The van der Waals surface area contributed by atoms with Crippen molar-refractivity contribution in [2.75, 3.05) is 13.7 Å². The third-order valence-corrected chi connectivity index (χ3v) is 2.94. The van der Waals surface area contributed by atoms with Gasteiger partial charge in [0.05, 0.1) is 18.2 Å². The molecular weight excluding hydrogens is 242 g/mol. The maximum Gasteiger partial charge on any atom is 0.234 e. The summed E-state index contributed by atoms with van der Waals surface area (Å²) in [6.45, 7) is 0.423. The van der Waals surface area contributed by atoms with E-state index in [2.05, 4.69) is 10.3 Å². The molecule has 0 spiro atoms. The van der Waals surface area contributed by atoms with Crippen LogP contribution >= 0.6 is 0 Å². The molecule has 0 aliphatic rings. The van der Waals surface area contributed by atoms with Crippen molar-refractivity contribution in [3.63, 3.8) is 0 Å². The van der Waals surface area contributed by atoms with E-state index in [-0.39, 0.29) is 11.9 Å². The van der Waals surface area contributed by atoms with Gasteiger partial charge in [0, 0.05) is 24.1 Å². The monoisotopic (exact) mass is 259 g/mol. The number of fused-ring (bicyclic) bond motifs is 1. The van der Waals surface area contributed by atoms with Gasteiger partial charge in [0.1, 0.15) is 5.75 Å². The summed E-state index contributed by atoms with van der Waals surface area (Å²) in [6.07, 6.45) is 2.28. The lowest BCUT2D eigenvalue weighted by molar-refractivity contribution is -0.120. The van der Waals surface area contributed by atoms with E-state index < -0.39 is 0 Å². The minimum atomic E-state index is -0.369. The van der Waals surface area contributed by atoms with Gasteiger partial charge in [-0.2, -0.15) is 0 Å². The molecule has 0 saturated carbocycles. The summed E-state index contributed by atoms with van der Waals surface area (Å²) in [4.78, 5) is 15.3. The highest BCUT2D eigenvalue weighted by molar-refractivity contribution is 5.80. The predicted molar refractivity (Wildman–Crippen MR) is 73.9 cm³/mol. The van der Waals surface area contributed by atoms with E-state index >= 15 is 0 Å². The van der Waals surface area contributed by atoms with Crippen LogP contribution in [0.1, 0.15) is 6.42 Å². The Bertz CT molecular complexity index is 571. The Morgan fingerprint density at radius 2 is 2.32 bits per heavy atom. The number of primary amides is 1. The van der Waals surface area contributed by atoms with E-state index in [0.29, 0.717) is 13.0 Å². The van der Waals surface area contributed by atoms with Crippen molar-refractivity contribution < 1.29 is 9.53 Å². The number of pyridine rings is 1. The predicted octanol–water partition coefficient (Wildman–Crippen LogP) is 1.08. The average Bonchev–Trinajstić information content (AvgIpc) is 2.43. The average molecular weight is 259 g/mol. The third kappa shape index (κ3) is 3.42. The lowest BCUT2D eigenvalue weighted by Crippen LogP contribution is -2.40. The molecule has 2 aromatic rings. The molecule has 0 aliphatic heterocycles. The summed E-state index contributed by atoms with van der Waals surface area (Å²) in [5, 5.41) is 3.92. The largest absolute Gasteiger partial charge is 0.493 e. The number of benzene rings is 1. The number of hydrogen-bond acceptors (Lipinski definition) is 4. The Hall–Kier alpha value is -2.14. The van der Waals surface area contributed by atoms with E-state index in [1.165, 1.54) is 0 Å². The van der Waals surface area contributed by atoms with E-state index in [1.807, 2.05) is 30.3 Å². The highest BCUT2D eigenvalue weighted by Crippen LogP contribution is 2.18. The van der Waals surface area contributed by atoms with Gasteiger partial charge in [0.15, 0.2) is 0 Å². The summed E-state index contributed by atoms with van der Waals surface area (Å²) < 4.78 is 5.61. The highest BCUT2D eigenvalue weighted by Gasteiger charge is 2.12. The van der Waals surface area contributed by atoms with Gasteiger partial charge in [0.25, 0.3) is 0 Å². The number of rotatable bonds is 6. The van der Waals surface area contributed by atoms with Crippen molar-refractivity contribution in [1.82, 2.24) is 10.3 Å². The van der Waals surface area contributed by atoms with Gasteiger partial charge in [0.2, 0.25) is 5.91 Å². The minimum absolute atomic E-state index is 0.362. The molecule has 2 rings (SSSR count). The molecule has 1 heterocycles.